The lowest BCUT2D eigenvalue weighted by molar-refractivity contribution is -0.118. The summed E-state index contributed by atoms with van der Waals surface area (Å²) in [5.74, 6) is 0.615. The molecule has 0 aliphatic rings. The lowest BCUT2D eigenvalue weighted by Crippen LogP contribution is -2.20. The predicted octanol–water partition coefficient (Wildman–Crippen LogP) is 3.89. The Morgan fingerprint density at radius 2 is 2.04 bits per heavy atom. The van der Waals surface area contributed by atoms with Gasteiger partial charge in [-0.25, -0.2) is 0 Å². The summed E-state index contributed by atoms with van der Waals surface area (Å²) >= 11 is 4.83. The van der Waals surface area contributed by atoms with Gasteiger partial charge in [0, 0.05) is 0 Å². The van der Waals surface area contributed by atoms with E-state index in [1.165, 1.54) is 11.3 Å². The number of aryl methyl sites for hydroxylation is 1. The second-order valence-corrected chi connectivity index (χ2v) is 7.13. The van der Waals surface area contributed by atoms with Crippen molar-refractivity contribution >= 4 is 39.2 Å². The van der Waals surface area contributed by atoms with E-state index < -0.39 is 0 Å². The van der Waals surface area contributed by atoms with E-state index in [2.05, 4.69) is 31.4 Å². The standard InChI is InChI=1S/C15H12BrN3O3S/c1-9-2-4-10(5-3-9)21-8-13(20)17-15-19-18-14(22-15)11-6-7-12(16)23-11/h2-7H,8H2,1H3,(H,17,19,20). The van der Waals surface area contributed by atoms with Crippen molar-refractivity contribution in [1.82, 2.24) is 10.2 Å². The van der Waals surface area contributed by atoms with E-state index in [4.69, 9.17) is 9.15 Å². The summed E-state index contributed by atoms with van der Waals surface area (Å²) in [6, 6.07) is 11.2. The smallest absolute Gasteiger partial charge is 0.322 e. The molecule has 0 atom stereocenters. The highest BCUT2D eigenvalue weighted by molar-refractivity contribution is 9.11. The van der Waals surface area contributed by atoms with Crippen LogP contribution in [0.4, 0.5) is 6.01 Å². The highest BCUT2D eigenvalue weighted by Crippen LogP contribution is 2.30. The van der Waals surface area contributed by atoms with Gasteiger partial charge < -0.3 is 9.15 Å². The molecule has 1 N–H and O–H groups in total. The number of carbonyl (C=O) groups is 1. The highest BCUT2D eigenvalue weighted by atomic mass is 79.9. The Hall–Kier alpha value is -2.19. The summed E-state index contributed by atoms with van der Waals surface area (Å²) in [5, 5.41) is 10.2. The summed E-state index contributed by atoms with van der Waals surface area (Å²) in [5.41, 5.74) is 1.13. The zero-order chi connectivity index (χ0) is 16.2. The molecule has 0 bridgehead atoms. The van der Waals surface area contributed by atoms with E-state index in [0.29, 0.717) is 11.6 Å². The van der Waals surface area contributed by atoms with Crippen LogP contribution in [0.1, 0.15) is 5.56 Å². The quantitative estimate of drug-likeness (QED) is 0.711. The molecule has 2 heterocycles. The van der Waals surface area contributed by atoms with Crippen molar-refractivity contribution in [3.05, 3.63) is 45.7 Å². The normalized spacial score (nSPS) is 10.5. The van der Waals surface area contributed by atoms with Crippen molar-refractivity contribution in [2.45, 2.75) is 6.92 Å². The fourth-order valence-electron chi connectivity index (χ4n) is 1.74. The number of aromatic nitrogens is 2. The number of anilines is 1. The number of carbonyl (C=O) groups excluding carboxylic acids is 1. The number of nitrogens with zero attached hydrogens (tertiary/aromatic N) is 2. The monoisotopic (exact) mass is 393 g/mol. The minimum atomic E-state index is -0.367. The van der Waals surface area contributed by atoms with Crippen molar-refractivity contribution in [2.24, 2.45) is 0 Å². The molecule has 0 radical (unpaired) electrons. The first-order chi connectivity index (χ1) is 11.1. The first-order valence-electron chi connectivity index (χ1n) is 6.69. The second kappa shape index (κ2) is 6.93. The Morgan fingerprint density at radius 3 is 2.74 bits per heavy atom. The van der Waals surface area contributed by atoms with Crippen LogP contribution in [0.15, 0.2) is 44.6 Å². The van der Waals surface area contributed by atoms with Gasteiger partial charge in [0.1, 0.15) is 5.75 Å². The molecule has 0 unspecified atom stereocenters. The Bertz CT molecular complexity index is 813. The molecule has 0 aliphatic heterocycles. The van der Waals surface area contributed by atoms with E-state index in [1.807, 2.05) is 43.3 Å². The summed E-state index contributed by atoms with van der Waals surface area (Å²) in [4.78, 5) is 12.7. The average Bonchev–Trinajstić information content (AvgIpc) is 3.16. The first-order valence-corrected chi connectivity index (χ1v) is 8.29. The Labute approximate surface area is 144 Å². The molecule has 0 spiro atoms. The molecular formula is C15H12BrN3O3S. The molecule has 1 amide bonds. The molecule has 0 fully saturated rings. The summed E-state index contributed by atoms with van der Waals surface area (Å²) in [6.07, 6.45) is 0. The van der Waals surface area contributed by atoms with Crippen LogP contribution in [0.5, 0.6) is 5.75 Å². The largest absolute Gasteiger partial charge is 0.484 e. The molecule has 8 heteroatoms. The zero-order valence-corrected chi connectivity index (χ0v) is 14.5. The fraction of sp³-hybridized carbons (Fsp3) is 0.133. The van der Waals surface area contributed by atoms with Crippen LogP contribution in [0.2, 0.25) is 0 Å². The van der Waals surface area contributed by atoms with Crippen molar-refractivity contribution in [1.29, 1.82) is 0 Å². The SMILES string of the molecule is Cc1ccc(OCC(=O)Nc2nnc(-c3ccc(Br)s3)o2)cc1. The van der Waals surface area contributed by atoms with E-state index in [0.717, 1.165) is 14.2 Å². The van der Waals surface area contributed by atoms with E-state index in [9.17, 15) is 4.79 Å². The number of halogens is 1. The van der Waals surface area contributed by atoms with Crippen LogP contribution in [0, 0.1) is 6.92 Å². The molecule has 0 saturated heterocycles. The van der Waals surface area contributed by atoms with E-state index in [1.54, 1.807) is 0 Å². The van der Waals surface area contributed by atoms with Crippen LogP contribution in [0.3, 0.4) is 0 Å². The third kappa shape index (κ3) is 4.17. The van der Waals surface area contributed by atoms with Crippen molar-refractivity contribution in [3.63, 3.8) is 0 Å². The molecule has 118 valence electrons. The molecule has 6 nitrogen and oxygen atoms in total. The Kier molecular flexibility index (Phi) is 4.73. The Balaban J connectivity index is 1.56. The molecule has 23 heavy (non-hydrogen) atoms. The van der Waals surface area contributed by atoms with Gasteiger partial charge in [0.15, 0.2) is 6.61 Å². The number of nitrogens with one attached hydrogen (secondary N) is 1. The lowest BCUT2D eigenvalue weighted by Gasteiger charge is -2.05. The molecule has 2 aromatic heterocycles. The number of thiophene rings is 1. The van der Waals surface area contributed by atoms with Crippen LogP contribution in [-0.4, -0.2) is 22.7 Å². The van der Waals surface area contributed by atoms with Gasteiger partial charge in [-0.05, 0) is 47.1 Å². The molecule has 3 aromatic rings. The number of benzene rings is 1. The average molecular weight is 394 g/mol. The number of amides is 1. The van der Waals surface area contributed by atoms with Gasteiger partial charge in [-0.3, -0.25) is 10.1 Å². The van der Waals surface area contributed by atoms with E-state index in [-0.39, 0.29) is 18.5 Å². The van der Waals surface area contributed by atoms with Crippen molar-refractivity contribution < 1.29 is 13.9 Å². The topological polar surface area (TPSA) is 77.2 Å². The summed E-state index contributed by atoms with van der Waals surface area (Å²) in [6.45, 7) is 1.85. The molecular weight excluding hydrogens is 382 g/mol. The third-order valence-electron chi connectivity index (χ3n) is 2.85. The molecule has 0 saturated carbocycles. The molecule has 0 aliphatic carbocycles. The minimum absolute atomic E-state index is 0.0435. The number of rotatable bonds is 5. The number of hydrogen-bond donors (Lipinski definition) is 1. The fourth-order valence-corrected chi connectivity index (χ4v) is 3.05. The van der Waals surface area contributed by atoms with Gasteiger partial charge in [0.25, 0.3) is 11.8 Å². The van der Waals surface area contributed by atoms with Crippen molar-refractivity contribution in [2.75, 3.05) is 11.9 Å². The van der Waals surface area contributed by atoms with Gasteiger partial charge in [0.05, 0.1) is 8.66 Å². The van der Waals surface area contributed by atoms with Gasteiger partial charge in [-0.2, -0.15) is 0 Å². The van der Waals surface area contributed by atoms with Crippen LogP contribution < -0.4 is 10.1 Å². The van der Waals surface area contributed by atoms with Gasteiger partial charge in [0.2, 0.25) is 0 Å². The van der Waals surface area contributed by atoms with Crippen molar-refractivity contribution in [3.8, 4) is 16.5 Å². The Morgan fingerprint density at radius 1 is 1.26 bits per heavy atom. The first kappa shape index (κ1) is 15.7. The van der Waals surface area contributed by atoms with Gasteiger partial charge >= 0.3 is 6.01 Å². The summed E-state index contributed by atoms with van der Waals surface area (Å²) < 4.78 is 11.7. The van der Waals surface area contributed by atoms with Gasteiger partial charge in [-0.1, -0.05) is 22.8 Å². The maximum Gasteiger partial charge on any atom is 0.322 e. The maximum absolute atomic E-state index is 11.8. The minimum Gasteiger partial charge on any atom is -0.484 e. The molecule has 3 rings (SSSR count). The van der Waals surface area contributed by atoms with E-state index >= 15 is 0 Å². The van der Waals surface area contributed by atoms with Crippen LogP contribution >= 0.6 is 27.3 Å². The third-order valence-corrected chi connectivity index (χ3v) is 4.46. The second-order valence-electron chi connectivity index (χ2n) is 4.67. The predicted molar refractivity (Wildman–Crippen MR) is 90.6 cm³/mol. The number of ether oxygens (including phenoxy) is 1. The molecule has 1 aromatic carbocycles. The van der Waals surface area contributed by atoms with Crippen LogP contribution in [0.25, 0.3) is 10.8 Å². The summed E-state index contributed by atoms with van der Waals surface area (Å²) in [7, 11) is 0. The zero-order valence-electron chi connectivity index (χ0n) is 12.1. The lowest BCUT2D eigenvalue weighted by atomic mass is 10.2. The van der Waals surface area contributed by atoms with Gasteiger partial charge in [-0.15, -0.1) is 16.4 Å². The van der Waals surface area contributed by atoms with Crippen LogP contribution in [-0.2, 0) is 4.79 Å². The number of hydrogen-bond acceptors (Lipinski definition) is 6. The maximum atomic E-state index is 11.8. The highest BCUT2D eigenvalue weighted by Gasteiger charge is 2.13.